The van der Waals surface area contributed by atoms with E-state index in [-0.39, 0.29) is 11.5 Å². The van der Waals surface area contributed by atoms with Crippen LogP contribution in [0.3, 0.4) is 0 Å². The van der Waals surface area contributed by atoms with Crippen LogP contribution in [0.4, 0.5) is 0 Å². The van der Waals surface area contributed by atoms with Gasteiger partial charge in [-0.2, -0.15) is 0 Å². The number of ether oxygens (including phenoxy) is 1. The Balaban J connectivity index is 2.24. The molecule has 2 rings (SSSR count). The summed E-state index contributed by atoms with van der Waals surface area (Å²) in [5.41, 5.74) is 0.214. The summed E-state index contributed by atoms with van der Waals surface area (Å²) < 4.78 is 5.02. The molecule has 116 valence electrons. The van der Waals surface area contributed by atoms with Gasteiger partial charge in [-0.3, -0.25) is 4.79 Å². The second-order valence-electron chi connectivity index (χ2n) is 5.55. The van der Waals surface area contributed by atoms with Crippen LogP contribution < -0.4 is 0 Å². The van der Waals surface area contributed by atoms with Gasteiger partial charge < -0.3 is 4.74 Å². The van der Waals surface area contributed by atoms with Gasteiger partial charge in [0.15, 0.2) is 11.5 Å². The van der Waals surface area contributed by atoms with E-state index in [1.165, 1.54) is 50.4 Å². The smallest absolute Gasteiger partial charge is 0.358 e. The summed E-state index contributed by atoms with van der Waals surface area (Å²) >= 11 is 1.38. The van der Waals surface area contributed by atoms with Crippen molar-refractivity contribution in [3.8, 4) is 0 Å². The van der Waals surface area contributed by atoms with Gasteiger partial charge in [-0.15, -0.1) is 11.3 Å². The van der Waals surface area contributed by atoms with Gasteiger partial charge in [0.1, 0.15) is 4.88 Å². The highest BCUT2D eigenvalue weighted by atomic mass is 32.1. The fourth-order valence-electron chi connectivity index (χ4n) is 2.79. The molecule has 1 heterocycles. The van der Waals surface area contributed by atoms with Crippen molar-refractivity contribution in [1.82, 2.24) is 4.98 Å². The molecular formula is C16H23NO3S. The lowest BCUT2D eigenvalue weighted by molar-refractivity contribution is 0.0517. The highest BCUT2D eigenvalue weighted by molar-refractivity contribution is 7.14. The first-order valence-corrected chi connectivity index (χ1v) is 8.64. The quantitative estimate of drug-likeness (QED) is 0.613. The Labute approximate surface area is 129 Å². The molecule has 1 aliphatic carbocycles. The Morgan fingerprint density at radius 1 is 1.19 bits per heavy atom. The highest BCUT2D eigenvalue weighted by Crippen LogP contribution is 2.34. The second kappa shape index (κ2) is 7.69. The van der Waals surface area contributed by atoms with Crippen molar-refractivity contribution in [2.75, 3.05) is 6.61 Å². The number of thiazole rings is 1. The molecule has 0 aromatic carbocycles. The zero-order valence-electron chi connectivity index (χ0n) is 12.8. The largest absolute Gasteiger partial charge is 0.461 e. The molecule has 0 bridgehead atoms. The van der Waals surface area contributed by atoms with E-state index >= 15 is 0 Å². The molecule has 0 spiro atoms. The van der Waals surface area contributed by atoms with Crippen LogP contribution in [0.5, 0.6) is 0 Å². The predicted molar refractivity (Wildman–Crippen MR) is 83.1 cm³/mol. The number of rotatable bonds is 4. The summed E-state index contributed by atoms with van der Waals surface area (Å²) in [6.45, 7) is 3.54. The molecule has 1 aromatic rings. The second-order valence-corrected chi connectivity index (χ2v) is 6.58. The van der Waals surface area contributed by atoms with E-state index in [0.29, 0.717) is 17.4 Å². The molecule has 0 unspecified atom stereocenters. The molecule has 0 radical (unpaired) electrons. The van der Waals surface area contributed by atoms with Gasteiger partial charge in [-0.25, -0.2) is 9.78 Å². The van der Waals surface area contributed by atoms with E-state index in [4.69, 9.17) is 4.74 Å². The van der Waals surface area contributed by atoms with Crippen molar-refractivity contribution in [2.24, 2.45) is 0 Å². The van der Waals surface area contributed by atoms with Crippen molar-refractivity contribution in [2.45, 2.75) is 64.7 Å². The first-order valence-electron chi connectivity index (χ1n) is 7.82. The van der Waals surface area contributed by atoms with Crippen molar-refractivity contribution >= 4 is 23.1 Å². The monoisotopic (exact) mass is 309 g/mol. The maximum absolute atomic E-state index is 12.0. The summed E-state index contributed by atoms with van der Waals surface area (Å²) in [6, 6.07) is 0. The van der Waals surface area contributed by atoms with Gasteiger partial charge in [-0.05, 0) is 19.8 Å². The minimum atomic E-state index is -0.476. The fraction of sp³-hybridized carbons (Fsp3) is 0.688. The van der Waals surface area contributed by atoms with Crippen molar-refractivity contribution < 1.29 is 14.3 Å². The number of nitrogens with zero attached hydrogens (tertiary/aromatic N) is 1. The van der Waals surface area contributed by atoms with Crippen molar-refractivity contribution in [3.63, 3.8) is 0 Å². The van der Waals surface area contributed by atoms with Crippen LogP contribution >= 0.6 is 11.3 Å². The molecule has 5 heteroatoms. The van der Waals surface area contributed by atoms with E-state index in [1.807, 2.05) is 0 Å². The lowest BCUT2D eigenvalue weighted by atomic mass is 9.92. The molecule has 0 atom stereocenters. The normalized spacial score (nSPS) is 17.0. The summed E-state index contributed by atoms with van der Waals surface area (Å²) in [5.74, 6) is -0.194. The van der Waals surface area contributed by atoms with Gasteiger partial charge in [0.25, 0.3) is 0 Å². The van der Waals surface area contributed by atoms with Crippen LogP contribution in [0.25, 0.3) is 0 Å². The predicted octanol–water partition coefficient (Wildman–Crippen LogP) is 4.35. The average Bonchev–Trinajstić information content (AvgIpc) is 2.83. The third-order valence-corrected chi connectivity index (χ3v) is 5.21. The van der Waals surface area contributed by atoms with E-state index in [9.17, 15) is 9.59 Å². The van der Waals surface area contributed by atoms with Gasteiger partial charge in [0, 0.05) is 12.8 Å². The Hall–Kier alpha value is -1.23. The molecule has 1 fully saturated rings. The lowest BCUT2D eigenvalue weighted by Gasteiger charge is -2.17. The Morgan fingerprint density at radius 3 is 2.38 bits per heavy atom. The SMILES string of the molecule is CCOC(=O)c1nc(C2CCCCCCC2)sc1C(C)=O. The Kier molecular flexibility index (Phi) is 5.91. The van der Waals surface area contributed by atoms with Gasteiger partial charge in [-0.1, -0.05) is 32.1 Å². The topological polar surface area (TPSA) is 56.3 Å². The number of esters is 1. The van der Waals surface area contributed by atoms with Gasteiger partial charge in [0.2, 0.25) is 0 Å². The van der Waals surface area contributed by atoms with E-state index < -0.39 is 5.97 Å². The molecule has 4 nitrogen and oxygen atoms in total. The van der Waals surface area contributed by atoms with Crippen molar-refractivity contribution in [1.29, 1.82) is 0 Å². The molecule has 0 amide bonds. The van der Waals surface area contributed by atoms with Crippen LogP contribution in [0.2, 0.25) is 0 Å². The highest BCUT2D eigenvalue weighted by Gasteiger charge is 2.26. The molecular weight excluding hydrogens is 286 g/mol. The summed E-state index contributed by atoms with van der Waals surface area (Å²) in [5, 5.41) is 0.935. The zero-order chi connectivity index (χ0) is 15.2. The lowest BCUT2D eigenvalue weighted by Crippen LogP contribution is -2.10. The van der Waals surface area contributed by atoms with Crippen LogP contribution in [0.15, 0.2) is 0 Å². The zero-order valence-corrected chi connectivity index (χ0v) is 13.6. The van der Waals surface area contributed by atoms with Crippen molar-refractivity contribution in [3.05, 3.63) is 15.6 Å². The number of aromatic nitrogens is 1. The van der Waals surface area contributed by atoms with Crippen LogP contribution in [0, 0.1) is 0 Å². The molecule has 21 heavy (non-hydrogen) atoms. The third kappa shape index (κ3) is 4.13. The number of carbonyl (C=O) groups is 2. The first kappa shape index (κ1) is 16.1. The van der Waals surface area contributed by atoms with E-state index in [0.717, 1.165) is 17.8 Å². The molecule has 0 aliphatic heterocycles. The van der Waals surface area contributed by atoms with E-state index in [2.05, 4.69) is 4.98 Å². The van der Waals surface area contributed by atoms with E-state index in [1.54, 1.807) is 6.92 Å². The fourth-order valence-corrected chi connectivity index (χ4v) is 3.91. The molecule has 1 saturated carbocycles. The minimum Gasteiger partial charge on any atom is -0.461 e. The number of ketones is 1. The number of hydrogen-bond donors (Lipinski definition) is 0. The average molecular weight is 309 g/mol. The van der Waals surface area contributed by atoms with Crippen LogP contribution in [-0.2, 0) is 4.74 Å². The maximum atomic E-state index is 12.0. The molecule has 0 N–H and O–H groups in total. The number of Topliss-reactive ketones (excluding diaryl/α,β-unsaturated/α-hetero) is 1. The summed E-state index contributed by atoms with van der Waals surface area (Å²) in [6.07, 6.45) is 8.47. The minimum absolute atomic E-state index is 0.104. The third-order valence-electron chi connectivity index (χ3n) is 3.89. The van der Waals surface area contributed by atoms with Gasteiger partial charge in [0.05, 0.1) is 11.6 Å². The molecule has 1 aliphatic rings. The summed E-state index contributed by atoms with van der Waals surface area (Å²) in [7, 11) is 0. The standard InChI is InChI=1S/C16H23NO3S/c1-3-20-16(19)13-14(11(2)18)21-15(17-13)12-9-7-5-4-6-8-10-12/h12H,3-10H2,1-2H3. The maximum Gasteiger partial charge on any atom is 0.358 e. The first-order chi connectivity index (χ1) is 10.1. The van der Waals surface area contributed by atoms with Crippen LogP contribution in [0.1, 0.15) is 89.9 Å². The van der Waals surface area contributed by atoms with Gasteiger partial charge >= 0.3 is 5.97 Å². The Bertz CT molecular complexity index is 502. The molecule has 0 saturated heterocycles. The number of hydrogen-bond acceptors (Lipinski definition) is 5. The molecule has 1 aromatic heterocycles. The van der Waals surface area contributed by atoms with Crippen LogP contribution in [-0.4, -0.2) is 23.3 Å². The Morgan fingerprint density at radius 2 is 1.81 bits per heavy atom. The summed E-state index contributed by atoms with van der Waals surface area (Å²) in [4.78, 5) is 28.6. The number of carbonyl (C=O) groups excluding carboxylic acids is 2.